The van der Waals surface area contributed by atoms with Crippen LogP contribution in [0, 0.1) is 0 Å². The molecule has 0 heterocycles. The van der Waals surface area contributed by atoms with Gasteiger partial charge in [-0.2, -0.15) is 13.1 Å². The quantitative estimate of drug-likeness (QED) is 0.750. The molecule has 1 amide bonds. The van der Waals surface area contributed by atoms with Crippen LogP contribution in [-0.4, -0.2) is 27.7 Å². The fourth-order valence-electron chi connectivity index (χ4n) is 1.96. The van der Waals surface area contributed by atoms with Gasteiger partial charge in [-0.15, -0.1) is 0 Å². The topological polar surface area (TPSA) is 100 Å². The van der Waals surface area contributed by atoms with Crippen molar-refractivity contribution in [2.45, 2.75) is 13.8 Å². The van der Waals surface area contributed by atoms with E-state index in [1.165, 1.54) is 12.1 Å². The van der Waals surface area contributed by atoms with Gasteiger partial charge in [0, 0.05) is 0 Å². The number of hydrogen-bond donors (Lipinski definition) is 1. The van der Waals surface area contributed by atoms with E-state index in [2.05, 4.69) is 0 Å². The number of nitrogens with one attached hydrogen (secondary N) is 1. The molecular weight excluding hydrogens is 362 g/mol. The first kappa shape index (κ1) is 19.4. The third kappa shape index (κ3) is 5.55. The Hall–Kier alpha value is -2.94. The molecule has 2 aromatic carbocycles. The van der Waals surface area contributed by atoms with Gasteiger partial charge < -0.3 is 18.4 Å². The summed E-state index contributed by atoms with van der Waals surface area (Å²) in [7, 11) is -4.47. The molecule has 140 valence electrons. The fourth-order valence-corrected chi connectivity index (χ4v) is 2.63. The zero-order valence-electron chi connectivity index (χ0n) is 14.3. The van der Waals surface area contributed by atoms with Crippen molar-refractivity contribution in [2.24, 2.45) is 0 Å². The maximum atomic E-state index is 12.0. The smallest absolute Gasteiger partial charge is 0.429 e. The number of ether oxygens (including phenoxy) is 3. The van der Waals surface area contributed by atoms with Crippen molar-refractivity contribution in [1.82, 2.24) is 4.72 Å². The summed E-state index contributed by atoms with van der Waals surface area (Å²) in [6.07, 6.45) is -1.23. The predicted molar refractivity (Wildman–Crippen MR) is 93.9 cm³/mol. The molecular formula is C17H19NO7S. The van der Waals surface area contributed by atoms with Gasteiger partial charge in [0.1, 0.15) is 0 Å². The molecule has 0 aliphatic carbocycles. The molecule has 0 bridgehead atoms. The van der Waals surface area contributed by atoms with Crippen LogP contribution in [0.3, 0.4) is 0 Å². The molecule has 0 spiro atoms. The first-order valence-electron chi connectivity index (χ1n) is 7.83. The summed E-state index contributed by atoms with van der Waals surface area (Å²) in [5, 5.41) is 0. The Morgan fingerprint density at radius 1 is 0.846 bits per heavy atom. The maximum Gasteiger partial charge on any atom is 0.429 e. The zero-order chi connectivity index (χ0) is 19.0. The second-order valence-electron chi connectivity index (χ2n) is 4.79. The van der Waals surface area contributed by atoms with Gasteiger partial charge in [0.2, 0.25) is 0 Å². The Morgan fingerprint density at radius 2 is 1.31 bits per heavy atom. The molecule has 9 heteroatoms. The average molecular weight is 381 g/mol. The summed E-state index contributed by atoms with van der Waals surface area (Å²) in [5.41, 5.74) is 0. The molecule has 0 aliphatic rings. The summed E-state index contributed by atoms with van der Waals surface area (Å²) in [5.74, 6) is 0.571. The molecule has 0 radical (unpaired) electrons. The van der Waals surface area contributed by atoms with E-state index in [4.69, 9.17) is 18.4 Å². The Labute approximate surface area is 151 Å². The molecule has 0 aromatic heterocycles. The molecule has 2 aromatic rings. The van der Waals surface area contributed by atoms with Crippen molar-refractivity contribution in [1.29, 1.82) is 0 Å². The Bertz CT molecular complexity index is 852. The van der Waals surface area contributed by atoms with Gasteiger partial charge in [-0.1, -0.05) is 24.3 Å². The first-order valence-corrected chi connectivity index (χ1v) is 9.23. The molecule has 2 rings (SSSR count). The van der Waals surface area contributed by atoms with Crippen molar-refractivity contribution in [3.05, 3.63) is 48.5 Å². The lowest BCUT2D eigenvalue weighted by atomic mass is 10.3. The maximum absolute atomic E-state index is 12.0. The van der Waals surface area contributed by atoms with Crippen LogP contribution in [0.4, 0.5) is 4.79 Å². The third-order valence-corrected chi connectivity index (χ3v) is 3.72. The van der Waals surface area contributed by atoms with Gasteiger partial charge >= 0.3 is 16.4 Å². The minimum absolute atomic E-state index is 0.0515. The van der Waals surface area contributed by atoms with E-state index >= 15 is 0 Å². The SMILES string of the molecule is CCOc1ccccc1OC(=O)NS(=O)(=O)Oc1ccccc1OCC. The van der Waals surface area contributed by atoms with Gasteiger partial charge in [0.25, 0.3) is 0 Å². The highest BCUT2D eigenvalue weighted by atomic mass is 32.2. The van der Waals surface area contributed by atoms with E-state index in [0.717, 1.165) is 0 Å². The number of carbonyl (C=O) groups is 1. The second kappa shape index (κ2) is 8.95. The first-order chi connectivity index (χ1) is 12.4. The molecule has 26 heavy (non-hydrogen) atoms. The summed E-state index contributed by atoms with van der Waals surface area (Å²) in [6, 6.07) is 12.6. The molecule has 8 nitrogen and oxygen atoms in total. The summed E-state index contributed by atoms with van der Waals surface area (Å²) < 4.78 is 46.2. The summed E-state index contributed by atoms with van der Waals surface area (Å²) >= 11 is 0. The Balaban J connectivity index is 2.06. The van der Waals surface area contributed by atoms with E-state index in [9.17, 15) is 13.2 Å². The third-order valence-electron chi connectivity index (χ3n) is 2.91. The lowest BCUT2D eigenvalue weighted by Gasteiger charge is -2.13. The van der Waals surface area contributed by atoms with Crippen LogP contribution in [-0.2, 0) is 10.3 Å². The molecule has 0 aliphatic heterocycles. The number of carbonyl (C=O) groups excluding carboxylic acids is 1. The highest BCUT2D eigenvalue weighted by Crippen LogP contribution is 2.28. The Morgan fingerprint density at radius 3 is 1.85 bits per heavy atom. The van der Waals surface area contributed by atoms with Crippen LogP contribution in [0.5, 0.6) is 23.0 Å². The molecule has 0 atom stereocenters. The van der Waals surface area contributed by atoms with E-state index in [1.807, 2.05) is 0 Å². The normalized spacial score (nSPS) is 10.7. The summed E-state index contributed by atoms with van der Waals surface area (Å²) in [6.45, 7) is 4.20. The predicted octanol–water partition coefficient (Wildman–Crippen LogP) is 2.90. The van der Waals surface area contributed by atoms with Crippen molar-refractivity contribution in [3.8, 4) is 23.0 Å². The van der Waals surface area contributed by atoms with Crippen molar-refractivity contribution in [2.75, 3.05) is 13.2 Å². The van der Waals surface area contributed by atoms with Gasteiger partial charge in [-0.3, -0.25) is 0 Å². The molecule has 0 fully saturated rings. The number of benzene rings is 2. The Kier molecular flexibility index (Phi) is 6.67. The fraction of sp³-hybridized carbons (Fsp3) is 0.235. The molecule has 0 unspecified atom stereocenters. The van der Waals surface area contributed by atoms with Crippen molar-refractivity contribution >= 4 is 16.4 Å². The van der Waals surface area contributed by atoms with Crippen LogP contribution in [0.2, 0.25) is 0 Å². The van der Waals surface area contributed by atoms with Gasteiger partial charge in [0.05, 0.1) is 13.2 Å². The highest BCUT2D eigenvalue weighted by molar-refractivity contribution is 7.85. The number of para-hydroxylation sites is 4. The second-order valence-corrected chi connectivity index (χ2v) is 6.07. The van der Waals surface area contributed by atoms with E-state index < -0.39 is 16.4 Å². The molecule has 1 N–H and O–H groups in total. The zero-order valence-corrected chi connectivity index (χ0v) is 15.1. The van der Waals surface area contributed by atoms with Gasteiger partial charge in [-0.05, 0) is 38.1 Å². The molecule has 0 saturated carbocycles. The lowest BCUT2D eigenvalue weighted by molar-refractivity contribution is 0.202. The largest absolute Gasteiger partial charge is 0.490 e. The summed E-state index contributed by atoms with van der Waals surface area (Å²) in [4.78, 5) is 11.9. The standard InChI is InChI=1S/C17H19NO7S/c1-3-22-13-9-5-7-11-15(13)24-17(19)18-26(20,21)25-16-12-8-6-10-14(16)23-4-2/h5-12H,3-4H2,1-2H3,(H,18,19). The van der Waals surface area contributed by atoms with Crippen LogP contribution >= 0.6 is 0 Å². The number of hydrogen-bond acceptors (Lipinski definition) is 7. The van der Waals surface area contributed by atoms with Crippen LogP contribution < -0.4 is 23.1 Å². The van der Waals surface area contributed by atoms with Crippen molar-refractivity contribution in [3.63, 3.8) is 0 Å². The van der Waals surface area contributed by atoms with E-state index in [0.29, 0.717) is 19.0 Å². The van der Waals surface area contributed by atoms with Crippen LogP contribution in [0.15, 0.2) is 48.5 Å². The highest BCUT2D eigenvalue weighted by Gasteiger charge is 2.21. The van der Waals surface area contributed by atoms with Crippen LogP contribution in [0.1, 0.15) is 13.8 Å². The average Bonchev–Trinajstić information content (AvgIpc) is 2.58. The lowest BCUT2D eigenvalue weighted by Crippen LogP contribution is -2.36. The monoisotopic (exact) mass is 381 g/mol. The van der Waals surface area contributed by atoms with E-state index in [-0.39, 0.29) is 17.2 Å². The van der Waals surface area contributed by atoms with Crippen molar-refractivity contribution < 1.29 is 31.6 Å². The van der Waals surface area contributed by atoms with E-state index in [1.54, 1.807) is 55.0 Å². The van der Waals surface area contributed by atoms with Gasteiger partial charge in [0.15, 0.2) is 23.0 Å². The minimum atomic E-state index is -4.47. The van der Waals surface area contributed by atoms with Crippen LogP contribution in [0.25, 0.3) is 0 Å². The molecule has 0 saturated heterocycles. The number of rotatable bonds is 8. The number of amides is 1. The van der Waals surface area contributed by atoms with Gasteiger partial charge in [-0.25, -0.2) is 4.79 Å². The minimum Gasteiger partial charge on any atom is -0.490 e.